The highest BCUT2D eigenvalue weighted by Gasteiger charge is 2.34. The highest BCUT2D eigenvalue weighted by molar-refractivity contribution is 6.13. The van der Waals surface area contributed by atoms with Crippen LogP contribution in [0.4, 0.5) is 13.2 Å². The van der Waals surface area contributed by atoms with Crippen LogP contribution in [0.25, 0.3) is 71.4 Å². The van der Waals surface area contributed by atoms with Crippen LogP contribution < -0.4 is 0 Å². The molecule has 3 nitrogen and oxygen atoms in total. The first-order chi connectivity index (χ1) is 19.5. The quantitative estimate of drug-likeness (QED) is 0.205. The average molecular weight is 528 g/mol. The van der Waals surface area contributed by atoms with Crippen molar-refractivity contribution in [2.75, 3.05) is 0 Å². The molecule has 0 bridgehead atoms. The first kappa shape index (κ1) is 22.8. The largest absolute Gasteiger partial charge is 0.489 e. The fourth-order valence-electron chi connectivity index (χ4n) is 5.98. The van der Waals surface area contributed by atoms with E-state index >= 15 is 0 Å². The number of para-hydroxylation sites is 2. The summed E-state index contributed by atoms with van der Waals surface area (Å²) in [7, 11) is 0. The van der Waals surface area contributed by atoms with E-state index in [4.69, 9.17) is 5.10 Å². The Morgan fingerprint density at radius 1 is 0.450 bits per heavy atom. The Labute approximate surface area is 226 Å². The van der Waals surface area contributed by atoms with Gasteiger partial charge in [-0.15, -0.1) is 13.2 Å². The lowest BCUT2D eigenvalue weighted by Gasteiger charge is -2.11. The van der Waals surface area contributed by atoms with Gasteiger partial charge >= 0.3 is 6.30 Å². The van der Waals surface area contributed by atoms with Crippen molar-refractivity contribution in [1.29, 1.82) is 0 Å². The molecule has 40 heavy (non-hydrogen) atoms. The highest BCUT2D eigenvalue weighted by Crippen LogP contribution is 2.39. The Kier molecular flexibility index (Phi) is 4.68. The SMILES string of the molecule is FC(F)(F)n1c2ccccc2c2cc(-c3ccc(-c4cc5c6ccccc6c6ccccc6n5n4)cc3)ccc21. The van der Waals surface area contributed by atoms with Crippen LogP contribution >= 0.6 is 0 Å². The molecule has 0 spiro atoms. The van der Waals surface area contributed by atoms with E-state index in [9.17, 15) is 13.2 Å². The van der Waals surface area contributed by atoms with Gasteiger partial charge in [0, 0.05) is 27.1 Å². The zero-order chi connectivity index (χ0) is 27.0. The highest BCUT2D eigenvalue weighted by atomic mass is 19.4. The molecule has 192 valence electrons. The molecule has 8 rings (SSSR count). The van der Waals surface area contributed by atoms with Crippen LogP contribution in [0.15, 0.2) is 121 Å². The summed E-state index contributed by atoms with van der Waals surface area (Å²) >= 11 is 0. The molecule has 0 aliphatic rings. The van der Waals surface area contributed by atoms with E-state index in [1.807, 2.05) is 53.0 Å². The zero-order valence-corrected chi connectivity index (χ0v) is 21.0. The second-order valence-electron chi connectivity index (χ2n) is 10.0. The molecule has 6 heteroatoms. The lowest BCUT2D eigenvalue weighted by atomic mass is 10.0. The molecule has 0 atom stereocenters. The molecule has 0 radical (unpaired) electrons. The molecule has 0 amide bonds. The van der Waals surface area contributed by atoms with Gasteiger partial charge in [-0.05, 0) is 46.8 Å². The summed E-state index contributed by atoms with van der Waals surface area (Å²) in [5, 5.41) is 9.61. The third kappa shape index (κ3) is 3.29. The second kappa shape index (κ2) is 8.20. The Morgan fingerprint density at radius 2 is 0.975 bits per heavy atom. The van der Waals surface area contributed by atoms with Gasteiger partial charge < -0.3 is 0 Å². The van der Waals surface area contributed by atoms with Gasteiger partial charge in [0.15, 0.2) is 0 Å². The fourth-order valence-corrected chi connectivity index (χ4v) is 5.98. The molecule has 8 aromatic rings. The molecule has 3 heterocycles. The van der Waals surface area contributed by atoms with Crippen LogP contribution in [-0.4, -0.2) is 14.2 Å². The topological polar surface area (TPSA) is 22.2 Å². The fraction of sp³-hybridized carbons (Fsp3) is 0.0294. The van der Waals surface area contributed by atoms with Crippen LogP contribution in [0.3, 0.4) is 0 Å². The third-order valence-corrected chi connectivity index (χ3v) is 7.77. The van der Waals surface area contributed by atoms with E-state index in [1.165, 1.54) is 11.5 Å². The van der Waals surface area contributed by atoms with E-state index in [-0.39, 0.29) is 11.0 Å². The predicted molar refractivity (Wildman–Crippen MR) is 155 cm³/mol. The van der Waals surface area contributed by atoms with Crippen molar-refractivity contribution in [3.63, 3.8) is 0 Å². The van der Waals surface area contributed by atoms with Crippen molar-refractivity contribution in [3.05, 3.63) is 121 Å². The smallest absolute Gasteiger partial charge is 0.252 e. The molecule has 0 saturated carbocycles. The minimum absolute atomic E-state index is 0.151. The summed E-state index contributed by atoms with van der Waals surface area (Å²) in [4.78, 5) is 0. The Balaban J connectivity index is 1.25. The monoisotopic (exact) mass is 527 g/mol. The number of aromatic nitrogens is 3. The summed E-state index contributed by atoms with van der Waals surface area (Å²) in [6.07, 6.45) is -4.50. The first-order valence-electron chi connectivity index (χ1n) is 13.0. The number of rotatable bonds is 2. The van der Waals surface area contributed by atoms with Gasteiger partial charge in [-0.2, -0.15) is 5.10 Å². The van der Waals surface area contributed by atoms with Gasteiger partial charge in [-0.1, -0.05) is 91.0 Å². The van der Waals surface area contributed by atoms with Gasteiger partial charge in [0.2, 0.25) is 0 Å². The summed E-state index contributed by atoms with van der Waals surface area (Å²) < 4.78 is 44.2. The van der Waals surface area contributed by atoms with Crippen molar-refractivity contribution in [3.8, 4) is 22.4 Å². The summed E-state index contributed by atoms with van der Waals surface area (Å²) in [5.41, 5.74) is 6.00. The number of hydrogen-bond acceptors (Lipinski definition) is 1. The molecular formula is C34H20F3N3. The average Bonchev–Trinajstić information content (AvgIpc) is 3.58. The number of pyridine rings is 1. The molecular weight excluding hydrogens is 507 g/mol. The molecule has 0 saturated heterocycles. The van der Waals surface area contributed by atoms with Crippen molar-refractivity contribution in [2.45, 2.75) is 6.30 Å². The van der Waals surface area contributed by atoms with E-state index < -0.39 is 6.30 Å². The maximum atomic E-state index is 13.9. The first-order valence-corrected chi connectivity index (χ1v) is 13.0. The van der Waals surface area contributed by atoms with Gasteiger partial charge in [0.05, 0.1) is 27.8 Å². The molecule has 0 unspecified atom stereocenters. The number of halogens is 3. The molecule has 0 aliphatic carbocycles. The Morgan fingerprint density at radius 3 is 1.68 bits per heavy atom. The number of alkyl halides is 3. The third-order valence-electron chi connectivity index (χ3n) is 7.77. The van der Waals surface area contributed by atoms with Crippen LogP contribution in [0.2, 0.25) is 0 Å². The zero-order valence-electron chi connectivity index (χ0n) is 21.0. The van der Waals surface area contributed by atoms with Crippen LogP contribution in [0, 0.1) is 0 Å². The molecule has 3 aromatic heterocycles. The lowest BCUT2D eigenvalue weighted by Crippen LogP contribution is -2.15. The number of hydrogen-bond donors (Lipinski definition) is 0. The Hall–Kier alpha value is -5.10. The van der Waals surface area contributed by atoms with Crippen molar-refractivity contribution in [2.24, 2.45) is 0 Å². The van der Waals surface area contributed by atoms with Crippen LogP contribution in [-0.2, 0) is 6.30 Å². The minimum atomic E-state index is -4.50. The minimum Gasteiger partial charge on any atom is -0.252 e. The number of benzene rings is 5. The molecule has 5 aromatic carbocycles. The predicted octanol–water partition coefficient (Wildman–Crippen LogP) is 9.56. The van der Waals surface area contributed by atoms with Crippen LogP contribution in [0.1, 0.15) is 0 Å². The summed E-state index contributed by atoms with van der Waals surface area (Å²) in [5.74, 6) is 0. The van der Waals surface area contributed by atoms with E-state index in [1.54, 1.807) is 30.3 Å². The molecule has 0 aliphatic heterocycles. The summed E-state index contributed by atoms with van der Waals surface area (Å²) in [6, 6.07) is 38.6. The van der Waals surface area contributed by atoms with Crippen molar-refractivity contribution >= 4 is 49.0 Å². The van der Waals surface area contributed by atoms with Gasteiger partial charge in [-0.3, -0.25) is 4.57 Å². The van der Waals surface area contributed by atoms with Gasteiger partial charge in [-0.25, -0.2) is 4.52 Å². The van der Waals surface area contributed by atoms with Crippen molar-refractivity contribution < 1.29 is 13.2 Å². The number of fused-ring (bicyclic) bond motifs is 9. The van der Waals surface area contributed by atoms with Gasteiger partial charge in [0.25, 0.3) is 0 Å². The van der Waals surface area contributed by atoms with E-state index in [0.717, 1.165) is 44.2 Å². The maximum absolute atomic E-state index is 13.9. The molecule has 0 fully saturated rings. The van der Waals surface area contributed by atoms with E-state index in [0.29, 0.717) is 15.3 Å². The maximum Gasteiger partial charge on any atom is 0.489 e. The standard InChI is InChI=1S/C34H20F3N3/c35-34(36,37)39-30-11-5-3-10-27(30)28-19-23(17-18-31(28)39)21-13-15-22(16-14-21)29-20-33-26-9-2-1-7-24(26)25-8-4-6-12-32(25)40(33)38-29/h1-20H. The second-order valence-corrected chi connectivity index (χ2v) is 10.0. The normalized spacial score (nSPS) is 12.4. The lowest BCUT2D eigenvalue weighted by molar-refractivity contribution is -0.197. The van der Waals surface area contributed by atoms with Crippen LogP contribution in [0.5, 0.6) is 0 Å². The summed E-state index contributed by atoms with van der Waals surface area (Å²) in [6.45, 7) is 0. The van der Waals surface area contributed by atoms with E-state index in [2.05, 4.69) is 36.4 Å². The Bertz CT molecular complexity index is 2180. The van der Waals surface area contributed by atoms with Gasteiger partial charge in [0.1, 0.15) is 0 Å². The number of nitrogens with zero attached hydrogens (tertiary/aromatic N) is 3. The van der Waals surface area contributed by atoms with Crippen molar-refractivity contribution in [1.82, 2.24) is 14.2 Å². The molecule has 0 N–H and O–H groups in total.